The lowest BCUT2D eigenvalue weighted by molar-refractivity contribution is 0.189. The van der Waals surface area contributed by atoms with Crippen LogP contribution >= 0.6 is 15.8 Å². The van der Waals surface area contributed by atoms with Crippen LogP contribution in [0.5, 0.6) is 11.5 Å². The molecule has 0 saturated carbocycles. The topological polar surface area (TPSA) is 18.5 Å². The first-order chi connectivity index (χ1) is 24.1. The molecule has 2 aliphatic heterocycles. The summed E-state index contributed by atoms with van der Waals surface area (Å²) in [7, 11) is -1.62. The van der Waals surface area contributed by atoms with Crippen LogP contribution in [0.2, 0.25) is 0 Å². The van der Waals surface area contributed by atoms with Gasteiger partial charge in [0.2, 0.25) is 0 Å². The third kappa shape index (κ3) is 6.83. The fourth-order valence-electron chi connectivity index (χ4n) is 7.29. The van der Waals surface area contributed by atoms with Crippen LogP contribution in [0.15, 0.2) is 146 Å². The Morgan fingerprint density at radius 2 is 0.816 bits per heavy atom. The largest absolute Gasteiger partial charge is 0.489 e. The highest BCUT2D eigenvalue weighted by atomic mass is 31.1. The Hall–Kier alpha value is -4.22. The van der Waals surface area contributed by atoms with Crippen LogP contribution in [0.4, 0.5) is 0 Å². The molecule has 6 aromatic rings. The van der Waals surface area contributed by atoms with E-state index in [1.165, 1.54) is 54.1 Å². The van der Waals surface area contributed by atoms with Crippen molar-refractivity contribution in [2.75, 3.05) is 0 Å². The smallest absolute Gasteiger partial charge is 0.131 e. The molecule has 0 N–H and O–H groups in total. The molecule has 0 aliphatic carbocycles. The molecule has 2 heterocycles. The van der Waals surface area contributed by atoms with E-state index in [0.717, 1.165) is 43.6 Å². The summed E-state index contributed by atoms with van der Waals surface area (Å²) >= 11 is 0. The van der Waals surface area contributed by atoms with Crippen molar-refractivity contribution in [2.45, 2.75) is 58.2 Å². The van der Waals surface area contributed by atoms with Crippen molar-refractivity contribution >= 4 is 47.7 Å². The van der Waals surface area contributed by atoms with Gasteiger partial charge in [0.05, 0.1) is 0 Å². The quantitative estimate of drug-likeness (QED) is 0.165. The number of ether oxygens (including phenoxy) is 2. The predicted molar refractivity (Wildman–Crippen MR) is 210 cm³/mol. The van der Waals surface area contributed by atoms with E-state index in [0.29, 0.717) is 0 Å². The third-order valence-corrected chi connectivity index (χ3v) is 14.7. The molecule has 4 heteroatoms. The van der Waals surface area contributed by atoms with Gasteiger partial charge in [0.1, 0.15) is 23.7 Å². The number of fused-ring (bicyclic) bond motifs is 6. The van der Waals surface area contributed by atoms with Gasteiger partial charge >= 0.3 is 0 Å². The highest BCUT2D eigenvalue weighted by Gasteiger charge is 2.32. The number of hydrogen-bond acceptors (Lipinski definition) is 2. The molecule has 2 atom stereocenters. The zero-order valence-electron chi connectivity index (χ0n) is 28.3. The molecule has 2 aliphatic rings. The SMILES string of the molecule is Cc1ccc(P(c2ccc(C)cc2)c2cccc3c2O[C@@H]2CCC[C@H](C3)Oc3c(cccc3P(c3ccccc3)c3ccccc3)C2)cc1. The Bertz CT molecular complexity index is 1940. The molecule has 0 aromatic heterocycles. The fourth-order valence-corrected chi connectivity index (χ4v) is 12.1. The van der Waals surface area contributed by atoms with Crippen LogP contribution < -0.4 is 41.3 Å². The number of para-hydroxylation sites is 2. The predicted octanol–water partition coefficient (Wildman–Crippen LogP) is 8.30. The molecular formula is C45H42O2P2. The molecule has 0 amide bonds. The highest BCUT2D eigenvalue weighted by molar-refractivity contribution is 7.80. The van der Waals surface area contributed by atoms with Gasteiger partial charge in [-0.3, -0.25) is 0 Å². The Kier molecular flexibility index (Phi) is 9.36. The molecule has 2 bridgehead atoms. The Morgan fingerprint density at radius 3 is 1.22 bits per heavy atom. The lowest BCUT2D eigenvalue weighted by Gasteiger charge is -2.30. The maximum atomic E-state index is 7.33. The van der Waals surface area contributed by atoms with Gasteiger partial charge in [-0.1, -0.05) is 157 Å². The van der Waals surface area contributed by atoms with E-state index in [2.05, 4.69) is 159 Å². The Balaban J connectivity index is 1.24. The molecule has 0 saturated heterocycles. The van der Waals surface area contributed by atoms with Crippen molar-refractivity contribution in [3.8, 4) is 11.5 Å². The van der Waals surface area contributed by atoms with E-state index in [1.807, 2.05) is 0 Å². The molecule has 8 rings (SSSR count). The molecule has 0 unspecified atom stereocenters. The van der Waals surface area contributed by atoms with Crippen molar-refractivity contribution in [1.29, 1.82) is 0 Å². The molecule has 2 nitrogen and oxygen atoms in total. The lowest BCUT2D eigenvalue weighted by atomic mass is 10.0. The van der Waals surface area contributed by atoms with E-state index in [-0.39, 0.29) is 12.2 Å². The maximum Gasteiger partial charge on any atom is 0.131 e. The van der Waals surface area contributed by atoms with Crippen LogP contribution in [0, 0.1) is 13.8 Å². The van der Waals surface area contributed by atoms with Crippen molar-refractivity contribution in [3.63, 3.8) is 0 Å². The van der Waals surface area contributed by atoms with Gasteiger partial charge in [0.25, 0.3) is 0 Å². The summed E-state index contributed by atoms with van der Waals surface area (Å²) in [6, 6.07) is 53.9. The standard InChI is InChI=1S/C45H42O2P2/c1-32-22-26-40(27-23-32)49(41-28-24-33(2)25-29-41)43-21-10-13-35-31-36-14-11-15-37(47-45(35)43)30-34-12-9-20-42(44(34)46-36)48(38-16-5-3-6-17-38)39-18-7-4-8-19-39/h3-10,12-13,16-29,36-37H,11,14-15,30-31H2,1-2H3/t36-,37-/m1/s1. The highest BCUT2D eigenvalue weighted by Crippen LogP contribution is 2.43. The van der Waals surface area contributed by atoms with Crippen molar-refractivity contribution in [1.82, 2.24) is 0 Å². The minimum absolute atomic E-state index is 0.0573. The average molecular weight is 677 g/mol. The van der Waals surface area contributed by atoms with Crippen molar-refractivity contribution in [2.24, 2.45) is 0 Å². The zero-order chi connectivity index (χ0) is 33.2. The van der Waals surface area contributed by atoms with Gasteiger partial charge in [-0.25, -0.2) is 0 Å². The molecule has 6 aromatic carbocycles. The van der Waals surface area contributed by atoms with Crippen LogP contribution in [0.3, 0.4) is 0 Å². The number of hydrogen-bond donors (Lipinski definition) is 0. The minimum Gasteiger partial charge on any atom is -0.489 e. The molecule has 0 fully saturated rings. The Labute approximate surface area is 293 Å². The molecule has 49 heavy (non-hydrogen) atoms. The van der Waals surface area contributed by atoms with Gasteiger partial charge in [0, 0.05) is 23.5 Å². The van der Waals surface area contributed by atoms with E-state index in [9.17, 15) is 0 Å². The van der Waals surface area contributed by atoms with Crippen LogP contribution in [-0.2, 0) is 12.8 Å². The average Bonchev–Trinajstić information content (AvgIpc) is 3.27. The first-order valence-electron chi connectivity index (χ1n) is 17.5. The zero-order valence-corrected chi connectivity index (χ0v) is 30.0. The summed E-state index contributed by atoms with van der Waals surface area (Å²) in [5, 5.41) is 7.98. The van der Waals surface area contributed by atoms with Crippen LogP contribution in [0.1, 0.15) is 41.5 Å². The summed E-state index contributed by atoms with van der Waals surface area (Å²) in [6.07, 6.45) is 4.86. The summed E-state index contributed by atoms with van der Waals surface area (Å²) in [4.78, 5) is 0. The lowest BCUT2D eigenvalue weighted by Crippen LogP contribution is -2.30. The van der Waals surface area contributed by atoms with Gasteiger partial charge in [0.15, 0.2) is 0 Å². The van der Waals surface area contributed by atoms with E-state index in [1.54, 1.807) is 0 Å². The summed E-state index contributed by atoms with van der Waals surface area (Å²) in [6.45, 7) is 4.33. The van der Waals surface area contributed by atoms with Gasteiger partial charge in [-0.15, -0.1) is 0 Å². The Morgan fingerprint density at radius 1 is 0.429 bits per heavy atom. The van der Waals surface area contributed by atoms with Crippen molar-refractivity contribution in [3.05, 3.63) is 168 Å². The van der Waals surface area contributed by atoms with Gasteiger partial charge in [-0.05, 0) is 81.3 Å². The number of benzene rings is 6. The van der Waals surface area contributed by atoms with E-state index < -0.39 is 15.8 Å². The first kappa shape index (κ1) is 32.0. The van der Waals surface area contributed by atoms with Gasteiger partial charge < -0.3 is 9.47 Å². The molecule has 0 spiro atoms. The monoisotopic (exact) mass is 676 g/mol. The molecule has 244 valence electrons. The normalized spacial score (nSPS) is 17.1. The van der Waals surface area contributed by atoms with Gasteiger partial charge in [-0.2, -0.15) is 0 Å². The van der Waals surface area contributed by atoms with E-state index in [4.69, 9.17) is 9.47 Å². The minimum atomic E-state index is -0.820. The summed E-state index contributed by atoms with van der Waals surface area (Å²) in [5.74, 6) is 2.15. The van der Waals surface area contributed by atoms with E-state index >= 15 is 0 Å². The number of rotatable bonds is 6. The van der Waals surface area contributed by atoms with Crippen LogP contribution in [-0.4, -0.2) is 12.2 Å². The van der Waals surface area contributed by atoms with Crippen LogP contribution in [0.25, 0.3) is 0 Å². The molecular weight excluding hydrogens is 634 g/mol. The third-order valence-electron chi connectivity index (χ3n) is 9.76. The second-order valence-electron chi connectivity index (χ2n) is 13.4. The second kappa shape index (κ2) is 14.3. The summed E-state index contributed by atoms with van der Waals surface area (Å²) in [5.41, 5.74) is 5.08. The molecule has 0 radical (unpaired) electrons. The fraction of sp³-hybridized carbons (Fsp3) is 0.200. The second-order valence-corrected chi connectivity index (χ2v) is 17.7. The number of aryl methyl sites for hydroxylation is 2. The summed E-state index contributed by atoms with van der Waals surface area (Å²) < 4.78 is 14.6. The first-order valence-corrected chi connectivity index (χ1v) is 20.2. The van der Waals surface area contributed by atoms with Crippen molar-refractivity contribution < 1.29 is 9.47 Å². The maximum absolute atomic E-state index is 7.33.